The van der Waals surface area contributed by atoms with Crippen LogP contribution in [0.15, 0.2) is 42.6 Å². The third-order valence-corrected chi connectivity index (χ3v) is 4.54. The van der Waals surface area contributed by atoms with Gasteiger partial charge in [-0.25, -0.2) is 8.78 Å². The molecule has 0 amide bonds. The molecule has 3 nitrogen and oxygen atoms in total. The third kappa shape index (κ3) is 8.24. The Hall–Kier alpha value is -2.40. The summed E-state index contributed by atoms with van der Waals surface area (Å²) >= 11 is 0. The van der Waals surface area contributed by atoms with Crippen molar-refractivity contribution in [3.05, 3.63) is 71.1 Å². The van der Waals surface area contributed by atoms with Crippen LogP contribution in [-0.2, 0) is 0 Å². The molecule has 0 fully saturated rings. The standard InChI is InChI=1S/C22H29F2N3.C2H6/c1-5-25-11-10-16(3)20-14-26-17(4)12-18(7-6-15(20)2)27-19-8-9-21(23)22(24)13-19;1-2/h6-9,12-14,16,25-27H,5,10-11H2,1-4H3;1-2H3. The van der Waals surface area contributed by atoms with Gasteiger partial charge in [0, 0.05) is 29.3 Å². The van der Waals surface area contributed by atoms with Gasteiger partial charge in [-0.15, -0.1) is 0 Å². The first-order chi connectivity index (χ1) is 13.9. The lowest BCUT2D eigenvalue weighted by atomic mass is 9.96. The largest absolute Gasteiger partial charge is 0.365 e. The number of rotatable bonds is 7. The summed E-state index contributed by atoms with van der Waals surface area (Å²) in [5, 5.41) is 6.51. The Labute approximate surface area is 174 Å². The molecule has 0 bridgehead atoms. The highest BCUT2D eigenvalue weighted by atomic mass is 19.2. The Morgan fingerprint density at radius 3 is 2.28 bits per heavy atom. The van der Waals surface area contributed by atoms with Crippen LogP contribution in [0.5, 0.6) is 0 Å². The van der Waals surface area contributed by atoms with Gasteiger partial charge in [0.15, 0.2) is 11.6 Å². The Kier molecular flexibility index (Phi) is 11.0. The number of hydrogen-bond donors (Lipinski definition) is 3. The van der Waals surface area contributed by atoms with Gasteiger partial charge < -0.3 is 15.6 Å². The van der Waals surface area contributed by atoms with Crippen LogP contribution in [-0.4, -0.2) is 18.1 Å². The molecule has 0 aliphatic heterocycles. The summed E-state index contributed by atoms with van der Waals surface area (Å²) in [6.07, 6.45) is 3.11. The molecular formula is C24H35F2N3. The molecule has 1 atom stereocenters. The fraction of sp³-hybridized carbons (Fsp3) is 0.417. The van der Waals surface area contributed by atoms with Gasteiger partial charge in [0.25, 0.3) is 0 Å². The number of aryl methyl sites for hydroxylation is 2. The lowest BCUT2D eigenvalue weighted by Crippen LogP contribution is -2.16. The van der Waals surface area contributed by atoms with Crippen LogP contribution < -0.4 is 10.6 Å². The fourth-order valence-corrected chi connectivity index (χ4v) is 2.94. The van der Waals surface area contributed by atoms with Crippen molar-refractivity contribution in [3.8, 4) is 0 Å². The van der Waals surface area contributed by atoms with Crippen LogP contribution in [0.2, 0.25) is 0 Å². The van der Waals surface area contributed by atoms with Crippen LogP contribution in [0.25, 0.3) is 0 Å². The van der Waals surface area contributed by atoms with Crippen LogP contribution in [0.3, 0.4) is 0 Å². The number of H-pyrrole nitrogens is 1. The minimum atomic E-state index is -0.868. The maximum atomic E-state index is 13.5. The third-order valence-electron chi connectivity index (χ3n) is 4.54. The molecule has 160 valence electrons. The molecule has 1 aromatic carbocycles. The number of benzene rings is 1. The van der Waals surface area contributed by atoms with Crippen molar-refractivity contribution in [3.63, 3.8) is 0 Å². The van der Waals surface area contributed by atoms with E-state index in [2.05, 4.69) is 48.7 Å². The molecule has 1 unspecified atom stereocenters. The van der Waals surface area contributed by atoms with Gasteiger partial charge in [0.1, 0.15) is 0 Å². The second-order valence-corrected chi connectivity index (χ2v) is 6.84. The molecule has 0 aliphatic carbocycles. The quantitative estimate of drug-likeness (QED) is 0.440. The van der Waals surface area contributed by atoms with Crippen molar-refractivity contribution in [2.75, 3.05) is 18.4 Å². The molecule has 1 aromatic heterocycles. The SMILES string of the molecule is CC.CCNCCC(C)c1c[nH]c(C)cc(Nc2ccc(F)c(F)c2)ccc1C. The van der Waals surface area contributed by atoms with Crippen molar-refractivity contribution in [1.82, 2.24) is 10.3 Å². The van der Waals surface area contributed by atoms with Gasteiger partial charge in [-0.05, 0) is 74.7 Å². The zero-order valence-corrected chi connectivity index (χ0v) is 18.5. The summed E-state index contributed by atoms with van der Waals surface area (Å²) in [7, 11) is 0. The second-order valence-electron chi connectivity index (χ2n) is 6.84. The Bertz CT molecular complexity index is 814. The summed E-state index contributed by atoms with van der Waals surface area (Å²) in [5.41, 5.74) is 4.67. The van der Waals surface area contributed by atoms with E-state index in [-0.39, 0.29) is 0 Å². The molecule has 1 heterocycles. The maximum Gasteiger partial charge on any atom is 0.160 e. The Morgan fingerprint density at radius 2 is 1.62 bits per heavy atom. The van der Waals surface area contributed by atoms with Gasteiger partial charge in [0.05, 0.1) is 0 Å². The van der Waals surface area contributed by atoms with Crippen molar-refractivity contribution < 1.29 is 8.78 Å². The molecule has 0 saturated heterocycles. The average Bonchev–Trinajstić information content (AvgIpc) is 2.76. The Balaban J connectivity index is 0.00000204. The van der Waals surface area contributed by atoms with Gasteiger partial charge in [-0.2, -0.15) is 0 Å². The van der Waals surface area contributed by atoms with E-state index in [9.17, 15) is 8.78 Å². The van der Waals surface area contributed by atoms with Crippen molar-refractivity contribution in [2.45, 2.75) is 53.9 Å². The number of anilines is 2. The predicted octanol–water partition coefficient (Wildman–Crippen LogP) is 6.91. The van der Waals surface area contributed by atoms with Crippen molar-refractivity contribution in [1.29, 1.82) is 0 Å². The van der Waals surface area contributed by atoms with E-state index in [1.165, 1.54) is 17.2 Å². The zero-order valence-electron chi connectivity index (χ0n) is 18.5. The van der Waals surface area contributed by atoms with Crippen LogP contribution in [0.4, 0.5) is 20.2 Å². The maximum absolute atomic E-state index is 13.5. The number of halogens is 2. The van der Waals surface area contributed by atoms with E-state index in [1.807, 2.05) is 32.9 Å². The molecule has 29 heavy (non-hydrogen) atoms. The lowest BCUT2D eigenvalue weighted by molar-refractivity contribution is 0.509. The average molecular weight is 404 g/mol. The molecule has 0 saturated carbocycles. The molecule has 2 rings (SSSR count). The first-order valence-corrected chi connectivity index (χ1v) is 10.4. The molecule has 2 aromatic rings. The van der Waals surface area contributed by atoms with E-state index in [1.54, 1.807) is 0 Å². The smallest absolute Gasteiger partial charge is 0.160 e. The normalized spacial score (nSPS) is 11.2. The summed E-state index contributed by atoms with van der Waals surface area (Å²) in [5.74, 6) is -1.31. The van der Waals surface area contributed by atoms with E-state index in [0.29, 0.717) is 11.6 Å². The molecule has 0 aliphatic rings. The topological polar surface area (TPSA) is 39.9 Å². The molecule has 3 N–H and O–H groups in total. The number of aromatic amines is 1. The number of hydrogen-bond acceptors (Lipinski definition) is 2. The first kappa shape index (κ1) is 24.6. The zero-order chi connectivity index (χ0) is 21.8. The highest BCUT2D eigenvalue weighted by Crippen LogP contribution is 2.22. The van der Waals surface area contributed by atoms with Crippen LogP contribution in [0.1, 0.15) is 56.9 Å². The molecular weight excluding hydrogens is 368 g/mol. The monoisotopic (exact) mass is 403 g/mol. The van der Waals surface area contributed by atoms with Gasteiger partial charge >= 0.3 is 0 Å². The summed E-state index contributed by atoms with van der Waals surface area (Å²) in [4.78, 5) is 3.34. The first-order valence-electron chi connectivity index (χ1n) is 10.4. The van der Waals surface area contributed by atoms with Crippen molar-refractivity contribution in [2.24, 2.45) is 0 Å². The lowest BCUT2D eigenvalue weighted by Gasteiger charge is -2.13. The minimum Gasteiger partial charge on any atom is -0.365 e. The molecule has 0 radical (unpaired) electrons. The van der Waals surface area contributed by atoms with Crippen molar-refractivity contribution >= 4 is 11.4 Å². The Morgan fingerprint density at radius 1 is 0.966 bits per heavy atom. The number of aromatic nitrogens is 1. The predicted molar refractivity (Wildman–Crippen MR) is 120 cm³/mol. The van der Waals surface area contributed by atoms with E-state index in [4.69, 9.17) is 0 Å². The summed E-state index contributed by atoms with van der Waals surface area (Å²) in [6.45, 7) is 14.3. The van der Waals surface area contributed by atoms with Gasteiger partial charge in [-0.1, -0.05) is 33.8 Å². The fourth-order valence-electron chi connectivity index (χ4n) is 2.94. The second kappa shape index (κ2) is 12.9. The summed E-state index contributed by atoms with van der Waals surface area (Å²) in [6, 6.07) is 9.74. The van der Waals surface area contributed by atoms with Gasteiger partial charge in [-0.3, -0.25) is 0 Å². The van der Waals surface area contributed by atoms with Crippen LogP contribution in [0, 0.1) is 25.5 Å². The van der Waals surface area contributed by atoms with E-state index < -0.39 is 11.6 Å². The van der Waals surface area contributed by atoms with E-state index in [0.717, 1.165) is 43.0 Å². The molecule has 0 spiro atoms. The highest BCUT2D eigenvalue weighted by Gasteiger charge is 2.07. The van der Waals surface area contributed by atoms with Gasteiger partial charge in [0.2, 0.25) is 0 Å². The number of nitrogens with one attached hydrogen (secondary N) is 3. The van der Waals surface area contributed by atoms with Crippen LogP contribution >= 0.6 is 0 Å². The molecule has 5 heteroatoms. The summed E-state index contributed by atoms with van der Waals surface area (Å²) < 4.78 is 26.6. The minimum absolute atomic E-state index is 0.412. The highest BCUT2D eigenvalue weighted by molar-refractivity contribution is 5.59. The van der Waals surface area contributed by atoms with E-state index >= 15 is 0 Å².